The minimum atomic E-state index is -2.99. The van der Waals surface area contributed by atoms with Crippen LogP contribution in [0, 0.1) is 0 Å². The highest BCUT2D eigenvalue weighted by Crippen LogP contribution is 2.23. The van der Waals surface area contributed by atoms with Gasteiger partial charge in [0, 0.05) is 31.4 Å². The van der Waals surface area contributed by atoms with Gasteiger partial charge in [-0.3, -0.25) is 4.90 Å². The Hall–Kier alpha value is 0.220. The first-order chi connectivity index (χ1) is 7.57. The second-order valence-electron chi connectivity index (χ2n) is 4.57. The van der Waals surface area contributed by atoms with Gasteiger partial charge in [0.1, 0.15) is 0 Å². The van der Waals surface area contributed by atoms with Crippen LogP contribution in [-0.4, -0.2) is 67.6 Å². The highest BCUT2D eigenvalue weighted by atomic mass is 32.2. The summed E-state index contributed by atoms with van der Waals surface area (Å²) in [6.07, 6.45) is 3.55. The molecular formula is C10H20N2O2S2. The van der Waals surface area contributed by atoms with Gasteiger partial charge in [0.15, 0.2) is 0 Å². The largest absolute Gasteiger partial charge is 0.298 e. The quantitative estimate of drug-likeness (QED) is 0.726. The molecule has 2 fully saturated rings. The second-order valence-corrected chi connectivity index (χ2v) is 7.70. The zero-order valence-electron chi connectivity index (χ0n) is 9.76. The maximum absolute atomic E-state index is 11.5. The molecular weight excluding hydrogens is 244 g/mol. The van der Waals surface area contributed by atoms with Gasteiger partial charge in [-0.1, -0.05) is 0 Å². The van der Waals surface area contributed by atoms with Gasteiger partial charge in [-0.15, -0.1) is 0 Å². The van der Waals surface area contributed by atoms with Gasteiger partial charge in [0.2, 0.25) is 10.0 Å². The Morgan fingerprint density at radius 1 is 1.19 bits per heavy atom. The summed E-state index contributed by atoms with van der Waals surface area (Å²) in [4.78, 5) is 2.48. The van der Waals surface area contributed by atoms with Crippen molar-refractivity contribution in [2.24, 2.45) is 0 Å². The van der Waals surface area contributed by atoms with Crippen molar-refractivity contribution in [1.29, 1.82) is 0 Å². The predicted octanol–water partition coefficient (Wildman–Crippen LogP) is 0.459. The number of thioether (sulfide) groups is 1. The Balaban J connectivity index is 1.92. The van der Waals surface area contributed by atoms with Crippen LogP contribution < -0.4 is 0 Å². The lowest BCUT2D eigenvalue weighted by Crippen LogP contribution is -2.39. The molecule has 0 amide bonds. The number of nitrogens with zero attached hydrogens (tertiary/aromatic N) is 2. The zero-order valence-corrected chi connectivity index (χ0v) is 11.4. The molecule has 94 valence electrons. The minimum Gasteiger partial charge on any atom is -0.298 e. The van der Waals surface area contributed by atoms with Gasteiger partial charge < -0.3 is 0 Å². The Morgan fingerprint density at radius 3 is 2.62 bits per heavy atom. The fourth-order valence-electron chi connectivity index (χ4n) is 2.42. The van der Waals surface area contributed by atoms with Crippen LogP contribution in [0.15, 0.2) is 0 Å². The van der Waals surface area contributed by atoms with Crippen molar-refractivity contribution in [2.45, 2.75) is 18.9 Å². The molecule has 0 aromatic rings. The fourth-order valence-corrected chi connectivity index (χ4v) is 4.55. The number of rotatable bonds is 2. The third-order valence-corrected chi connectivity index (χ3v) is 5.83. The molecule has 0 spiro atoms. The van der Waals surface area contributed by atoms with Crippen LogP contribution in [0.25, 0.3) is 0 Å². The molecule has 0 saturated carbocycles. The van der Waals surface area contributed by atoms with Crippen molar-refractivity contribution in [3.05, 3.63) is 0 Å². The average Bonchev–Trinajstić information content (AvgIpc) is 2.60. The normalized spacial score (nSPS) is 30.4. The van der Waals surface area contributed by atoms with Crippen molar-refractivity contribution in [3.63, 3.8) is 0 Å². The van der Waals surface area contributed by atoms with Crippen LogP contribution in [0.4, 0.5) is 0 Å². The third-order valence-electron chi connectivity index (χ3n) is 3.38. The summed E-state index contributed by atoms with van der Waals surface area (Å²) in [6.45, 7) is 3.31. The minimum absolute atomic E-state index is 0.667. The lowest BCUT2D eigenvalue weighted by molar-refractivity contribution is 0.224. The van der Waals surface area contributed by atoms with Crippen LogP contribution >= 0.6 is 11.8 Å². The maximum atomic E-state index is 11.5. The smallest absolute Gasteiger partial charge is 0.211 e. The van der Waals surface area contributed by atoms with E-state index < -0.39 is 10.0 Å². The Morgan fingerprint density at radius 2 is 2.00 bits per heavy atom. The predicted molar refractivity (Wildman–Crippen MR) is 68.3 cm³/mol. The second kappa shape index (κ2) is 5.25. The van der Waals surface area contributed by atoms with Crippen molar-refractivity contribution >= 4 is 21.8 Å². The van der Waals surface area contributed by atoms with E-state index in [-0.39, 0.29) is 0 Å². The summed E-state index contributed by atoms with van der Waals surface area (Å²) >= 11 is 2.02. The summed E-state index contributed by atoms with van der Waals surface area (Å²) in [5.41, 5.74) is 0. The molecule has 2 rings (SSSR count). The molecule has 2 heterocycles. The van der Waals surface area contributed by atoms with E-state index in [1.807, 2.05) is 11.8 Å². The molecule has 2 aliphatic rings. The van der Waals surface area contributed by atoms with Crippen LogP contribution in [0.1, 0.15) is 12.8 Å². The van der Waals surface area contributed by atoms with Gasteiger partial charge in [-0.05, 0) is 25.1 Å². The van der Waals surface area contributed by atoms with Gasteiger partial charge in [-0.2, -0.15) is 11.8 Å². The van der Waals surface area contributed by atoms with E-state index in [0.717, 1.165) is 19.5 Å². The zero-order chi connectivity index (χ0) is 11.6. The van der Waals surface area contributed by atoms with Crippen molar-refractivity contribution in [1.82, 2.24) is 9.21 Å². The highest BCUT2D eigenvalue weighted by molar-refractivity contribution is 7.99. The number of sulfonamides is 1. The molecule has 16 heavy (non-hydrogen) atoms. The van der Waals surface area contributed by atoms with Gasteiger partial charge in [0.25, 0.3) is 0 Å². The SMILES string of the molecule is CS(=O)(=O)N1CCCN(C2CCSC2)CC1. The van der Waals surface area contributed by atoms with E-state index >= 15 is 0 Å². The lowest BCUT2D eigenvalue weighted by atomic mass is 10.2. The molecule has 0 bridgehead atoms. The molecule has 4 nitrogen and oxygen atoms in total. The molecule has 6 heteroatoms. The van der Waals surface area contributed by atoms with Gasteiger partial charge in [0.05, 0.1) is 6.26 Å². The number of hydrogen-bond acceptors (Lipinski definition) is 4. The molecule has 0 aromatic heterocycles. The molecule has 0 N–H and O–H groups in total. The summed E-state index contributed by atoms with van der Waals surface area (Å²) < 4.78 is 24.6. The maximum Gasteiger partial charge on any atom is 0.211 e. The highest BCUT2D eigenvalue weighted by Gasteiger charge is 2.27. The summed E-state index contributed by atoms with van der Waals surface area (Å²) in [5, 5.41) is 0. The van der Waals surface area contributed by atoms with Crippen molar-refractivity contribution in [2.75, 3.05) is 43.9 Å². The van der Waals surface area contributed by atoms with Crippen molar-refractivity contribution < 1.29 is 8.42 Å². The van der Waals surface area contributed by atoms with E-state index in [4.69, 9.17) is 0 Å². The van der Waals surface area contributed by atoms with E-state index in [1.165, 1.54) is 24.2 Å². The molecule has 0 radical (unpaired) electrons. The first-order valence-electron chi connectivity index (χ1n) is 5.84. The van der Waals surface area contributed by atoms with E-state index in [9.17, 15) is 8.42 Å². The average molecular weight is 264 g/mol. The first kappa shape index (κ1) is 12.7. The molecule has 2 aliphatic heterocycles. The van der Waals surface area contributed by atoms with Gasteiger partial charge >= 0.3 is 0 Å². The number of hydrogen-bond donors (Lipinski definition) is 0. The van der Waals surface area contributed by atoms with Crippen molar-refractivity contribution in [3.8, 4) is 0 Å². The third kappa shape index (κ3) is 3.12. The monoisotopic (exact) mass is 264 g/mol. The van der Waals surface area contributed by atoms with Crippen LogP contribution in [0.2, 0.25) is 0 Å². The first-order valence-corrected chi connectivity index (χ1v) is 8.84. The van der Waals surface area contributed by atoms with Crippen LogP contribution in [0.5, 0.6) is 0 Å². The molecule has 1 unspecified atom stereocenters. The Kier molecular flexibility index (Phi) is 4.15. The van der Waals surface area contributed by atoms with Gasteiger partial charge in [-0.25, -0.2) is 12.7 Å². The molecule has 0 aromatic carbocycles. The standard InChI is InChI=1S/C10H20N2O2S2/c1-16(13,14)12-5-2-4-11(6-7-12)10-3-8-15-9-10/h10H,2-9H2,1H3. The summed E-state index contributed by atoms with van der Waals surface area (Å²) in [6, 6.07) is 0.685. The van der Waals surface area contributed by atoms with E-state index in [1.54, 1.807) is 4.31 Å². The van der Waals surface area contributed by atoms with E-state index in [0.29, 0.717) is 19.1 Å². The summed E-state index contributed by atoms with van der Waals surface area (Å²) in [7, 11) is -2.99. The molecule has 2 saturated heterocycles. The fraction of sp³-hybridized carbons (Fsp3) is 1.00. The molecule has 0 aliphatic carbocycles. The lowest BCUT2D eigenvalue weighted by Gasteiger charge is -2.26. The Labute approximate surface area is 102 Å². The summed E-state index contributed by atoms with van der Waals surface area (Å²) in [5.74, 6) is 2.48. The van der Waals surface area contributed by atoms with E-state index in [2.05, 4.69) is 4.90 Å². The topological polar surface area (TPSA) is 40.6 Å². The Bertz CT molecular complexity index is 326. The van der Waals surface area contributed by atoms with Crippen LogP contribution in [0.3, 0.4) is 0 Å². The molecule has 1 atom stereocenters. The van der Waals surface area contributed by atoms with Crippen LogP contribution in [-0.2, 0) is 10.0 Å².